The summed E-state index contributed by atoms with van der Waals surface area (Å²) in [6.45, 7) is -2.90. The minimum atomic E-state index is -2.90. The highest BCUT2D eigenvalue weighted by Gasteiger charge is 2.25. The first kappa shape index (κ1) is 14.4. The summed E-state index contributed by atoms with van der Waals surface area (Å²) in [7, 11) is 1.80. The number of Topliss-reactive ketones (excluding diaryl/α,β-unsaturated/α-hetero) is 1. The highest BCUT2D eigenvalue weighted by atomic mass is 19.3. The van der Waals surface area contributed by atoms with Crippen molar-refractivity contribution in [3.8, 4) is 5.75 Å². The van der Waals surface area contributed by atoms with Crippen molar-refractivity contribution in [2.24, 2.45) is 7.05 Å². The van der Waals surface area contributed by atoms with Crippen LogP contribution in [0.1, 0.15) is 28.0 Å². The first-order valence-electron chi connectivity index (χ1n) is 6.86. The fourth-order valence-corrected chi connectivity index (χ4v) is 2.62. The predicted octanol–water partition coefficient (Wildman–Crippen LogP) is 3.23. The van der Waals surface area contributed by atoms with Gasteiger partial charge >= 0.3 is 6.61 Å². The van der Waals surface area contributed by atoms with Crippen LogP contribution in [0.2, 0.25) is 0 Å². The Hall–Kier alpha value is -2.50. The maximum absolute atomic E-state index is 12.5. The SMILES string of the molecule is Cn1ncc2c1CCC(=Cc1ccccc1OC(F)F)C2=O. The lowest BCUT2D eigenvalue weighted by Gasteiger charge is -2.15. The van der Waals surface area contributed by atoms with Crippen LogP contribution in [0.3, 0.4) is 0 Å². The van der Waals surface area contributed by atoms with E-state index in [0.29, 0.717) is 29.5 Å². The molecule has 0 spiro atoms. The van der Waals surface area contributed by atoms with Gasteiger partial charge in [-0.05, 0) is 25.0 Å². The van der Waals surface area contributed by atoms with Crippen LogP contribution in [-0.4, -0.2) is 22.2 Å². The molecule has 2 aromatic rings. The summed E-state index contributed by atoms with van der Waals surface area (Å²) in [5.74, 6) is -0.0454. The molecule has 3 rings (SSSR count). The molecule has 0 amide bonds. The van der Waals surface area contributed by atoms with Crippen molar-refractivity contribution in [1.82, 2.24) is 9.78 Å². The number of hydrogen-bond donors (Lipinski definition) is 0. The lowest BCUT2D eigenvalue weighted by atomic mass is 9.90. The van der Waals surface area contributed by atoms with Crippen LogP contribution >= 0.6 is 0 Å². The zero-order chi connectivity index (χ0) is 15.7. The summed E-state index contributed by atoms with van der Waals surface area (Å²) in [5, 5.41) is 4.09. The van der Waals surface area contributed by atoms with E-state index in [-0.39, 0.29) is 11.5 Å². The van der Waals surface area contributed by atoms with Crippen LogP contribution in [0.15, 0.2) is 36.0 Å². The van der Waals surface area contributed by atoms with E-state index in [1.165, 1.54) is 6.07 Å². The minimum absolute atomic E-state index is 0.0646. The fourth-order valence-electron chi connectivity index (χ4n) is 2.62. The molecule has 6 heteroatoms. The molecule has 0 fully saturated rings. The monoisotopic (exact) mass is 304 g/mol. The Morgan fingerprint density at radius 1 is 1.32 bits per heavy atom. The molecule has 0 N–H and O–H groups in total. The molecule has 1 aromatic carbocycles. The molecule has 0 bridgehead atoms. The van der Waals surface area contributed by atoms with Gasteiger partial charge in [-0.25, -0.2) is 0 Å². The molecule has 0 aliphatic heterocycles. The van der Waals surface area contributed by atoms with Crippen molar-refractivity contribution in [2.45, 2.75) is 19.5 Å². The summed E-state index contributed by atoms with van der Waals surface area (Å²) >= 11 is 0. The summed E-state index contributed by atoms with van der Waals surface area (Å²) in [5.41, 5.74) is 2.52. The Kier molecular flexibility index (Phi) is 3.75. The van der Waals surface area contributed by atoms with Gasteiger partial charge in [0.2, 0.25) is 0 Å². The van der Waals surface area contributed by atoms with Gasteiger partial charge in [0.15, 0.2) is 5.78 Å². The summed E-state index contributed by atoms with van der Waals surface area (Å²) in [6.07, 6.45) is 4.41. The van der Waals surface area contributed by atoms with Crippen LogP contribution in [0.5, 0.6) is 5.75 Å². The Balaban J connectivity index is 1.95. The molecule has 4 nitrogen and oxygen atoms in total. The zero-order valence-electron chi connectivity index (χ0n) is 11.9. The smallest absolute Gasteiger partial charge is 0.387 e. The molecule has 1 heterocycles. The third kappa shape index (κ3) is 2.64. The first-order chi connectivity index (χ1) is 10.6. The number of aromatic nitrogens is 2. The number of halogens is 2. The Morgan fingerprint density at radius 3 is 2.86 bits per heavy atom. The van der Waals surface area contributed by atoms with Crippen molar-refractivity contribution in [2.75, 3.05) is 0 Å². The molecule has 1 aromatic heterocycles. The van der Waals surface area contributed by atoms with Crippen molar-refractivity contribution < 1.29 is 18.3 Å². The number of nitrogens with zero attached hydrogens (tertiary/aromatic N) is 2. The van der Waals surface area contributed by atoms with Gasteiger partial charge in [0.05, 0.1) is 11.8 Å². The average Bonchev–Trinajstić information content (AvgIpc) is 2.85. The van der Waals surface area contributed by atoms with Crippen molar-refractivity contribution in [1.29, 1.82) is 0 Å². The molecule has 0 unspecified atom stereocenters. The molecule has 0 saturated carbocycles. The van der Waals surface area contributed by atoms with Gasteiger partial charge in [0.25, 0.3) is 0 Å². The van der Waals surface area contributed by atoms with Crippen molar-refractivity contribution >= 4 is 11.9 Å². The molecular formula is C16H14F2N2O2. The van der Waals surface area contributed by atoms with E-state index >= 15 is 0 Å². The Bertz CT molecular complexity index is 750. The number of aryl methyl sites for hydroxylation is 1. The zero-order valence-corrected chi connectivity index (χ0v) is 11.9. The van der Waals surface area contributed by atoms with E-state index in [4.69, 9.17) is 0 Å². The largest absolute Gasteiger partial charge is 0.434 e. The number of carbonyl (C=O) groups is 1. The summed E-state index contributed by atoms with van der Waals surface area (Å²) in [4.78, 5) is 12.5. The third-order valence-electron chi connectivity index (χ3n) is 3.69. The Morgan fingerprint density at radius 2 is 2.09 bits per heavy atom. The van der Waals surface area contributed by atoms with E-state index < -0.39 is 6.61 Å². The maximum atomic E-state index is 12.5. The normalized spacial score (nSPS) is 16.2. The van der Waals surface area contributed by atoms with Gasteiger partial charge in [0.1, 0.15) is 5.75 Å². The minimum Gasteiger partial charge on any atom is -0.434 e. The number of para-hydroxylation sites is 1. The highest BCUT2D eigenvalue weighted by Crippen LogP contribution is 2.29. The number of alkyl halides is 2. The van der Waals surface area contributed by atoms with Crippen LogP contribution in [-0.2, 0) is 13.5 Å². The van der Waals surface area contributed by atoms with Gasteiger partial charge in [-0.15, -0.1) is 0 Å². The molecular weight excluding hydrogens is 290 g/mol. The Labute approximate surface area is 126 Å². The van der Waals surface area contributed by atoms with Crippen LogP contribution in [0.25, 0.3) is 6.08 Å². The average molecular weight is 304 g/mol. The predicted molar refractivity (Wildman–Crippen MR) is 76.9 cm³/mol. The number of hydrogen-bond acceptors (Lipinski definition) is 3. The lowest BCUT2D eigenvalue weighted by molar-refractivity contribution is -0.0499. The van der Waals surface area contributed by atoms with Gasteiger partial charge in [-0.2, -0.15) is 13.9 Å². The molecule has 1 aliphatic rings. The molecule has 22 heavy (non-hydrogen) atoms. The van der Waals surface area contributed by atoms with Crippen LogP contribution in [0.4, 0.5) is 8.78 Å². The molecule has 114 valence electrons. The van der Waals surface area contributed by atoms with Crippen molar-refractivity contribution in [3.05, 3.63) is 52.9 Å². The highest BCUT2D eigenvalue weighted by molar-refractivity contribution is 6.13. The van der Waals surface area contributed by atoms with E-state index in [1.807, 2.05) is 0 Å². The van der Waals surface area contributed by atoms with E-state index in [1.54, 1.807) is 42.2 Å². The second kappa shape index (κ2) is 5.71. The fraction of sp³-hybridized carbons (Fsp3) is 0.250. The lowest BCUT2D eigenvalue weighted by Crippen LogP contribution is -2.15. The number of allylic oxidation sites excluding steroid dienone is 1. The van der Waals surface area contributed by atoms with Gasteiger partial charge < -0.3 is 4.74 Å². The van der Waals surface area contributed by atoms with Crippen LogP contribution < -0.4 is 4.74 Å². The van der Waals surface area contributed by atoms with Gasteiger partial charge in [-0.3, -0.25) is 9.48 Å². The number of rotatable bonds is 3. The van der Waals surface area contributed by atoms with Gasteiger partial charge in [0, 0.05) is 23.9 Å². The number of fused-ring (bicyclic) bond motifs is 1. The molecule has 0 saturated heterocycles. The van der Waals surface area contributed by atoms with E-state index in [2.05, 4.69) is 9.84 Å². The molecule has 0 atom stereocenters. The standard InChI is InChI=1S/C16H14F2N2O2/c1-20-13-7-6-11(15(21)12(13)9-19-20)8-10-4-2-3-5-14(10)22-16(17)18/h2-5,8-9,16H,6-7H2,1H3. The molecule has 0 radical (unpaired) electrons. The second-order valence-electron chi connectivity index (χ2n) is 5.04. The van der Waals surface area contributed by atoms with E-state index in [9.17, 15) is 13.6 Å². The maximum Gasteiger partial charge on any atom is 0.387 e. The molecule has 1 aliphatic carbocycles. The third-order valence-corrected chi connectivity index (χ3v) is 3.69. The van der Waals surface area contributed by atoms with Crippen LogP contribution in [0, 0.1) is 0 Å². The first-order valence-corrected chi connectivity index (χ1v) is 6.86. The number of ketones is 1. The van der Waals surface area contributed by atoms with Gasteiger partial charge in [-0.1, -0.05) is 18.2 Å². The quantitative estimate of drug-likeness (QED) is 0.818. The summed E-state index contributed by atoms with van der Waals surface area (Å²) in [6, 6.07) is 6.44. The topological polar surface area (TPSA) is 44.1 Å². The van der Waals surface area contributed by atoms with Crippen molar-refractivity contribution in [3.63, 3.8) is 0 Å². The number of benzene rings is 1. The number of ether oxygens (including phenoxy) is 1. The van der Waals surface area contributed by atoms with E-state index in [0.717, 1.165) is 5.69 Å². The number of carbonyl (C=O) groups excluding carboxylic acids is 1. The summed E-state index contributed by atoms with van der Waals surface area (Å²) < 4.78 is 31.1. The second-order valence-corrected chi connectivity index (χ2v) is 5.04.